The van der Waals surface area contributed by atoms with Gasteiger partial charge in [-0.3, -0.25) is 9.47 Å². The number of carbonyl (C=O) groups excluding carboxylic acids is 1. The van der Waals surface area contributed by atoms with Gasteiger partial charge in [-0.25, -0.2) is 9.78 Å². The highest BCUT2D eigenvalue weighted by Gasteiger charge is 2.24. The van der Waals surface area contributed by atoms with E-state index < -0.39 is 0 Å². The third-order valence-corrected chi connectivity index (χ3v) is 7.14. The van der Waals surface area contributed by atoms with Crippen LogP contribution in [-0.4, -0.2) is 59.2 Å². The second kappa shape index (κ2) is 9.84. The molecular weight excluding hydrogens is 398 g/mol. The van der Waals surface area contributed by atoms with Gasteiger partial charge in [0.15, 0.2) is 0 Å². The maximum atomic E-state index is 12.1. The van der Waals surface area contributed by atoms with Gasteiger partial charge in [0.05, 0.1) is 10.7 Å². The lowest BCUT2D eigenvalue weighted by atomic mass is 9.84. The second-order valence-electron chi connectivity index (χ2n) is 8.66. The normalized spacial score (nSPS) is 22.8. The second-order valence-corrected chi connectivity index (χ2v) is 9.04. The summed E-state index contributed by atoms with van der Waals surface area (Å²) in [4.78, 5) is 21.1. The summed E-state index contributed by atoms with van der Waals surface area (Å²) in [6.45, 7) is 7.51. The van der Waals surface area contributed by atoms with Crippen LogP contribution in [-0.2, 0) is 0 Å². The first kappa shape index (κ1) is 21.2. The lowest BCUT2D eigenvalue weighted by Gasteiger charge is -2.37. The van der Waals surface area contributed by atoms with Crippen LogP contribution in [0.25, 0.3) is 0 Å². The number of imidazole rings is 1. The van der Waals surface area contributed by atoms with E-state index in [-0.39, 0.29) is 6.03 Å². The highest BCUT2D eigenvalue weighted by Crippen LogP contribution is 2.30. The fourth-order valence-corrected chi connectivity index (χ4v) is 4.92. The highest BCUT2D eigenvalue weighted by molar-refractivity contribution is 6.34. The summed E-state index contributed by atoms with van der Waals surface area (Å²) < 4.78 is 1.51. The molecule has 0 radical (unpaired) electrons. The van der Waals surface area contributed by atoms with Gasteiger partial charge in [-0.2, -0.15) is 0 Å². The number of carbonyl (C=O) groups is 1. The van der Waals surface area contributed by atoms with Crippen LogP contribution in [0.4, 0.5) is 10.5 Å². The van der Waals surface area contributed by atoms with Gasteiger partial charge >= 0.3 is 6.03 Å². The van der Waals surface area contributed by atoms with Crippen LogP contribution in [0.15, 0.2) is 36.9 Å². The molecule has 0 bridgehead atoms. The molecule has 0 spiro atoms. The zero-order valence-electron chi connectivity index (χ0n) is 17.8. The number of aryl methyl sites for hydroxylation is 1. The Bertz CT molecular complexity index is 824. The number of hydrogen-bond donors (Lipinski definition) is 1. The molecule has 4 rings (SSSR count). The van der Waals surface area contributed by atoms with Crippen LogP contribution in [0.3, 0.4) is 0 Å². The molecule has 6 nitrogen and oxygen atoms in total. The Kier molecular flexibility index (Phi) is 6.95. The van der Waals surface area contributed by atoms with Crippen molar-refractivity contribution in [2.45, 2.75) is 45.1 Å². The molecule has 1 amide bonds. The first-order valence-corrected chi connectivity index (χ1v) is 11.5. The van der Waals surface area contributed by atoms with E-state index in [9.17, 15) is 4.79 Å². The minimum absolute atomic E-state index is 0.0671. The number of halogens is 1. The van der Waals surface area contributed by atoms with Crippen molar-refractivity contribution in [2.75, 3.05) is 37.6 Å². The fraction of sp³-hybridized carbons (Fsp3) is 0.565. The van der Waals surface area contributed by atoms with Crippen LogP contribution >= 0.6 is 11.6 Å². The number of amides is 1. The molecular formula is C23H32ClN5O. The minimum Gasteiger partial charge on any atom is -0.368 e. The van der Waals surface area contributed by atoms with Crippen molar-refractivity contribution >= 4 is 23.3 Å². The molecule has 30 heavy (non-hydrogen) atoms. The Labute approximate surface area is 184 Å². The van der Waals surface area contributed by atoms with E-state index in [0.717, 1.165) is 55.5 Å². The zero-order valence-corrected chi connectivity index (χ0v) is 18.5. The largest absolute Gasteiger partial charge is 0.368 e. The Morgan fingerprint density at radius 2 is 1.93 bits per heavy atom. The predicted octanol–water partition coefficient (Wildman–Crippen LogP) is 4.17. The Morgan fingerprint density at radius 1 is 1.17 bits per heavy atom. The Morgan fingerprint density at radius 3 is 2.63 bits per heavy atom. The van der Waals surface area contributed by atoms with Gasteiger partial charge in [-0.05, 0) is 63.1 Å². The molecule has 2 heterocycles. The first-order chi connectivity index (χ1) is 14.6. The van der Waals surface area contributed by atoms with E-state index in [1.54, 1.807) is 18.7 Å². The standard InChI is InChI=1S/C23H32ClN5O/c1-18-3-2-4-21(22(18)24)28-15-13-27(14-16-28)11-9-19-5-7-20(8-6-19)26-23(30)29-12-10-25-17-29/h2-4,10,12,17,19-20H,5-9,11,13-16H2,1H3,(H,26,30). The summed E-state index contributed by atoms with van der Waals surface area (Å²) >= 11 is 6.51. The van der Waals surface area contributed by atoms with Crippen molar-refractivity contribution in [3.63, 3.8) is 0 Å². The van der Waals surface area contributed by atoms with Crippen LogP contribution in [0.5, 0.6) is 0 Å². The van der Waals surface area contributed by atoms with Gasteiger partial charge in [0.25, 0.3) is 0 Å². The van der Waals surface area contributed by atoms with E-state index >= 15 is 0 Å². The molecule has 1 aromatic heterocycles. The summed E-state index contributed by atoms with van der Waals surface area (Å²) in [5.41, 5.74) is 2.32. The van der Waals surface area contributed by atoms with Crippen LogP contribution in [0, 0.1) is 12.8 Å². The van der Waals surface area contributed by atoms with E-state index in [1.807, 2.05) is 0 Å². The molecule has 7 heteroatoms. The SMILES string of the molecule is Cc1cccc(N2CCN(CCC3CCC(NC(=O)n4ccnc4)CC3)CC2)c1Cl. The molecule has 2 aromatic rings. The average molecular weight is 430 g/mol. The smallest absolute Gasteiger partial charge is 0.327 e. The van der Waals surface area contributed by atoms with Crippen molar-refractivity contribution in [3.05, 3.63) is 47.5 Å². The van der Waals surface area contributed by atoms with Gasteiger partial charge in [0.1, 0.15) is 6.33 Å². The molecule has 2 aliphatic rings. The lowest BCUT2D eigenvalue weighted by Crippen LogP contribution is -2.47. The summed E-state index contributed by atoms with van der Waals surface area (Å²) in [6.07, 6.45) is 10.7. The van der Waals surface area contributed by atoms with Crippen molar-refractivity contribution < 1.29 is 4.79 Å². The summed E-state index contributed by atoms with van der Waals surface area (Å²) in [5, 5.41) is 4.02. The topological polar surface area (TPSA) is 53.4 Å². The summed E-state index contributed by atoms with van der Waals surface area (Å²) in [6, 6.07) is 6.52. The van der Waals surface area contributed by atoms with Crippen LogP contribution in [0.2, 0.25) is 5.02 Å². The van der Waals surface area contributed by atoms with Crippen molar-refractivity contribution in [2.24, 2.45) is 5.92 Å². The maximum absolute atomic E-state index is 12.1. The lowest BCUT2D eigenvalue weighted by molar-refractivity contribution is 0.206. The number of nitrogens with zero attached hydrogens (tertiary/aromatic N) is 4. The van der Waals surface area contributed by atoms with E-state index in [0.29, 0.717) is 6.04 Å². The molecule has 1 saturated heterocycles. The molecule has 162 valence electrons. The predicted molar refractivity (Wildman–Crippen MR) is 121 cm³/mol. The summed E-state index contributed by atoms with van der Waals surface area (Å²) in [7, 11) is 0. The minimum atomic E-state index is -0.0671. The third kappa shape index (κ3) is 5.16. The van der Waals surface area contributed by atoms with E-state index in [1.165, 1.54) is 36.1 Å². The number of anilines is 1. The molecule has 1 saturated carbocycles. The van der Waals surface area contributed by atoms with Crippen molar-refractivity contribution in [1.29, 1.82) is 0 Å². The van der Waals surface area contributed by atoms with Crippen molar-refractivity contribution in [1.82, 2.24) is 19.8 Å². The average Bonchev–Trinajstić information content (AvgIpc) is 3.31. The molecule has 2 fully saturated rings. The summed E-state index contributed by atoms with van der Waals surface area (Å²) in [5.74, 6) is 0.774. The van der Waals surface area contributed by atoms with E-state index in [4.69, 9.17) is 11.6 Å². The Hall–Kier alpha value is -2.05. The maximum Gasteiger partial charge on any atom is 0.327 e. The van der Waals surface area contributed by atoms with Gasteiger partial charge in [0, 0.05) is 44.6 Å². The molecule has 1 aliphatic heterocycles. The number of aromatic nitrogens is 2. The number of benzene rings is 1. The van der Waals surface area contributed by atoms with E-state index in [2.05, 4.69) is 45.2 Å². The third-order valence-electron chi connectivity index (χ3n) is 6.65. The van der Waals surface area contributed by atoms with Crippen LogP contribution in [0.1, 0.15) is 37.7 Å². The monoisotopic (exact) mass is 429 g/mol. The first-order valence-electron chi connectivity index (χ1n) is 11.1. The fourth-order valence-electron chi connectivity index (χ4n) is 4.68. The molecule has 1 N–H and O–H groups in total. The number of rotatable bonds is 5. The molecule has 1 aromatic carbocycles. The highest BCUT2D eigenvalue weighted by atomic mass is 35.5. The van der Waals surface area contributed by atoms with Crippen LogP contribution < -0.4 is 10.2 Å². The van der Waals surface area contributed by atoms with Gasteiger partial charge < -0.3 is 10.2 Å². The van der Waals surface area contributed by atoms with Crippen molar-refractivity contribution in [3.8, 4) is 0 Å². The quantitative estimate of drug-likeness (QED) is 0.774. The molecule has 0 atom stereocenters. The zero-order chi connectivity index (χ0) is 20.9. The molecule has 1 aliphatic carbocycles. The number of hydrogen-bond acceptors (Lipinski definition) is 4. The molecule has 0 unspecified atom stereocenters. The van der Waals surface area contributed by atoms with Gasteiger partial charge in [-0.15, -0.1) is 0 Å². The Balaban J connectivity index is 1.15. The number of piperazine rings is 1. The number of nitrogens with one attached hydrogen (secondary N) is 1. The van der Waals surface area contributed by atoms with Gasteiger partial charge in [-0.1, -0.05) is 23.7 Å². The van der Waals surface area contributed by atoms with Gasteiger partial charge in [0.2, 0.25) is 0 Å².